The first-order valence-corrected chi connectivity index (χ1v) is 7.52. The lowest BCUT2D eigenvalue weighted by Crippen LogP contribution is -2.25. The molecule has 0 unspecified atom stereocenters. The second-order valence-corrected chi connectivity index (χ2v) is 5.69. The highest BCUT2D eigenvalue weighted by molar-refractivity contribution is 5.76. The second-order valence-electron chi connectivity index (χ2n) is 5.69. The Morgan fingerprint density at radius 1 is 1.14 bits per heavy atom. The first-order valence-electron chi connectivity index (χ1n) is 7.52. The van der Waals surface area contributed by atoms with Gasteiger partial charge in [0.05, 0.1) is 0 Å². The van der Waals surface area contributed by atoms with Crippen LogP contribution in [0.1, 0.15) is 34.5 Å². The number of H-pyrrole nitrogens is 1. The van der Waals surface area contributed by atoms with Gasteiger partial charge in [-0.2, -0.15) is 0 Å². The number of carbonyl (C=O) groups excluding carboxylic acids is 1. The number of hydrogen-bond donors (Lipinski definition) is 2. The molecule has 0 radical (unpaired) electrons. The van der Waals surface area contributed by atoms with Crippen LogP contribution in [0.4, 0.5) is 0 Å². The normalized spacial score (nSPS) is 10.6. The molecule has 1 aromatic carbocycles. The highest BCUT2D eigenvalue weighted by Crippen LogP contribution is 2.09. The first-order chi connectivity index (χ1) is 10.0. The molecule has 0 aliphatic carbocycles. The molecule has 1 heterocycles. The van der Waals surface area contributed by atoms with Crippen molar-refractivity contribution in [2.75, 3.05) is 6.54 Å². The highest BCUT2D eigenvalue weighted by atomic mass is 16.1. The van der Waals surface area contributed by atoms with Gasteiger partial charge in [0.15, 0.2) is 0 Å². The van der Waals surface area contributed by atoms with Gasteiger partial charge in [-0.3, -0.25) is 4.79 Å². The fraction of sp³-hybridized carbons (Fsp3) is 0.389. The van der Waals surface area contributed by atoms with Crippen LogP contribution in [0.15, 0.2) is 30.3 Å². The third kappa shape index (κ3) is 4.78. The number of carbonyl (C=O) groups is 1. The predicted octanol–water partition coefficient (Wildman–Crippen LogP) is 3.23. The number of benzene rings is 1. The van der Waals surface area contributed by atoms with Gasteiger partial charge >= 0.3 is 0 Å². The lowest BCUT2D eigenvalue weighted by Gasteiger charge is -2.06. The molecule has 0 aliphatic rings. The molecule has 112 valence electrons. The predicted molar refractivity (Wildman–Crippen MR) is 86.5 cm³/mol. The van der Waals surface area contributed by atoms with E-state index in [9.17, 15) is 4.79 Å². The van der Waals surface area contributed by atoms with E-state index in [0.717, 1.165) is 12.8 Å². The Balaban J connectivity index is 1.71. The monoisotopic (exact) mass is 284 g/mol. The summed E-state index contributed by atoms with van der Waals surface area (Å²) in [6.45, 7) is 6.90. The fourth-order valence-electron chi connectivity index (χ4n) is 2.59. The van der Waals surface area contributed by atoms with E-state index in [0.29, 0.717) is 13.0 Å². The van der Waals surface area contributed by atoms with Gasteiger partial charge in [0.1, 0.15) is 0 Å². The van der Waals surface area contributed by atoms with Crippen molar-refractivity contribution in [3.63, 3.8) is 0 Å². The third-order valence-electron chi connectivity index (χ3n) is 3.70. The molecular weight excluding hydrogens is 260 g/mol. The molecule has 3 nitrogen and oxygen atoms in total. The minimum atomic E-state index is 0.126. The van der Waals surface area contributed by atoms with Crippen LogP contribution in [-0.4, -0.2) is 17.4 Å². The van der Waals surface area contributed by atoms with Crippen LogP contribution in [0, 0.1) is 20.8 Å². The van der Waals surface area contributed by atoms with Crippen LogP contribution in [-0.2, 0) is 17.6 Å². The topological polar surface area (TPSA) is 44.9 Å². The Kier molecular flexibility index (Phi) is 5.20. The van der Waals surface area contributed by atoms with Gasteiger partial charge < -0.3 is 10.3 Å². The number of amides is 1. The summed E-state index contributed by atoms with van der Waals surface area (Å²) in [6, 6.07) is 10.5. The molecule has 0 bridgehead atoms. The van der Waals surface area contributed by atoms with Crippen molar-refractivity contribution >= 4 is 5.91 Å². The van der Waals surface area contributed by atoms with E-state index in [1.54, 1.807) is 0 Å². The molecule has 1 amide bonds. The summed E-state index contributed by atoms with van der Waals surface area (Å²) < 4.78 is 0. The van der Waals surface area contributed by atoms with Crippen molar-refractivity contribution < 1.29 is 4.79 Å². The van der Waals surface area contributed by atoms with Crippen molar-refractivity contribution in [3.05, 3.63) is 58.4 Å². The molecule has 0 fully saturated rings. The summed E-state index contributed by atoms with van der Waals surface area (Å²) >= 11 is 0. The molecule has 0 saturated heterocycles. The summed E-state index contributed by atoms with van der Waals surface area (Å²) in [5.74, 6) is 0.126. The van der Waals surface area contributed by atoms with Crippen molar-refractivity contribution in [3.8, 4) is 0 Å². The molecule has 0 atom stereocenters. The van der Waals surface area contributed by atoms with Crippen molar-refractivity contribution in [2.24, 2.45) is 0 Å². The number of hydrogen-bond acceptors (Lipinski definition) is 1. The summed E-state index contributed by atoms with van der Waals surface area (Å²) in [7, 11) is 0. The number of aryl methyl sites for hydroxylation is 4. The summed E-state index contributed by atoms with van der Waals surface area (Å²) in [6.07, 6.45) is 2.23. The van der Waals surface area contributed by atoms with Crippen LogP contribution in [0.2, 0.25) is 0 Å². The molecule has 1 aromatic heterocycles. The van der Waals surface area contributed by atoms with E-state index in [1.165, 1.54) is 28.1 Å². The Morgan fingerprint density at radius 3 is 2.62 bits per heavy atom. The van der Waals surface area contributed by atoms with E-state index in [1.807, 2.05) is 6.07 Å². The van der Waals surface area contributed by atoms with Crippen LogP contribution in [0.25, 0.3) is 0 Å². The fourth-order valence-corrected chi connectivity index (χ4v) is 2.59. The highest BCUT2D eigenvalue weighted by Gasteiger charge is 2.05. The Bertz CT molecular complexity index is 613. The van der Waals surface area contributed by atoms with E-state index >= 15 is 0 Å². The zero-order chi connectivity index (χ0) is 15.2. The van der Waals surface area contributed by atoms with Crippen LogP contribution >= 0.6 is 0 Å². The average molecular weight is 284 g/mol. The van der Waals surface area contributed by atoms with Gasteiger partial charge in [-0.25, -0.2) is 0 Å². The molecule has 2 N–H and O–H groups in total. The third-order valence-corrected chi connectivity index (χ3v) is 3.70. The number of aromatic amines is 1. The smallest absolute Gasteiger partial charge is 0.220 e. The molecule has 0 aliphatic heterocycles. The zero-order valence-electron chi connectivity index (χ0n) is 13.1. The van der Waals surface area contributed by atoms with Gasteiger partial charge in [-0.05, 0) is 50.8 Å². The maximum absolute atomic E-state index is 11.9. The minimum Gasteiger partial charge on any atom is -0.362 e. The Hall–Kier alpha value is -2.03. The number of nitrogens with one attached hydrogen (secondary N) is 2. The SMILES string of the molecule is Cc1cccc(CCC(=O)NCCc2cc(C)[nH]c2C)c1. The van der Waals surface area contributed by atoms with Crippen molar-refractivity contribution in [1.82, 2.24) is 10.3 Å². The molecule has 0 saturated carbocycles. The first kappa shape index (κ1) is 15.4. The van der Waals surface area contributed by atoms with Gasteiger partial charge in [0, 0.05) is 24.4 Å². The van der Waals surface area contributed by atoms with Gasteiger partial charge in [0.25, 0.3) is 0 Å². The van der Waals surface area contributed by atoms with E-state index < -0.39 is 0 Å². The molecule has 3 heteroatoms. The molecular formula is C18H24N2O. The van der Waals surface area contributed by atoms with Crippen molar-refractivity contribution in [2.45, 2.75) is 40.0 Å². The number of aromatic nitrogens is 1. The van der Waals surface area contributed by atoms with Gasteiger partial charge in [0.2, 0.25) is 5.91 Å². The van der Waals surface area contributed by atoms with E-state index in [2.05, 4.69) is 55.3 Å². The quantitative estimate of drug-likeness (QED) is 0.840. The Morgan fingerprint density at radius 2 is 1.95 bits per heavy atom. The molecule has 2 rings (SSSR count). The van der Waals surface area contributed by atoms with E-state index in [4.69, 9.17) is 0 Å². The minimum absolute atomic E-state index is 0.126. The largest absolute Gasteiger partial charge is 0.362 e. The maximum atomic E-state index is 11.9. The summed E-state index contributed by atoms with van der Waals surface area (Å²) in [5.41, 5.74) is 6.12. The molecule has 21 heavy (non-hydrogen) atoms. The standard InChI is InChI=1S/C18H24N2O/c1-13-5-4-6-16(11-13)7-8-18(21)19-10-9-17-12-14(2)20-15(17)3/h4-6,11-12,20H,7-10H2,1-3H3,(H,19,21). The van der Waals surface area contributed by atoms with Gasteiger partial charge in [-0.15, -0.1) is 0 Å². The van der Waals surface area contributed by atoms with E-state index in [-0.39, 0.29) is 5.91 Å². The maximum Gasteiger partial charge on any atom is 0.220 e. The molecule has 2 aromatic rings. The summed E-state index contributed by atoms with van der Waals surface area (Å²) in [5, 5.41) is 3.00. The Labute approximate surface area is 126 Å². The lowest BCUT2D eigenvalue weighted by molar-refractivity contribution is -0.121. The van der Waals surface area contributed by atoms with Crippen molar-refractivity contribution in [1.29, 1.82) is 0 Å². The molecule has 0 spiro atoms. The van der Waals surface area contributed by atoms with Gasteiger partial charge in [-0.1, -0.05) is 29.8 Å². The lowest BCUT2D eigenvalue weighted by atomic mass is 10.1. The van der Waals surface area contributed by atoms with Crippen LogP contribution < -0.4 is 5.32 Å². The summed E-state index contributed by atoms with van der Waals surface area (Å²) in [4.78, 5) is 15.1. The second kappa shape index (κ2) is 7.11. The number of rotatable bonds is 6. The average Bonchev–Trinajstić information content (AvgIpc) is 2.75. The van der Waals surface area contributed by atoms with Crippen LogP contribution in [0.3, 0.4) is 0 Å². The zero-order valence-corrected chi connectivity index (χ0v) is 13.1. The van der Waals surface area contributed by atoms with Crippen LogP contribution in [0.5, 0.6) is 0 Å².